The lowest BCUT2D eigenvalue weighted by Crippen LogP contribution is -2.34. The lowest BCUT2D eigenvalue weighted by molar-refractivity contribution is 0.215. The highest BCUT2D eigenvalue weighted by Crippen LogP contribution is 2.23. The molecule has 2 rings (SSSR count). The van der Waals surface area contributed by atoms with E-state index >= 15 is 0 Å². The Kier molecular flexibility index (Phi) is 5.81. The third kappa shape index (κ3) is 4.26. The van der Waals surface area contributed by atoms with Gasteiger partial charge in [0.05, 0.1) is 18.6 Å². The first-order valence-electron chi connectivity index (χ1n) is 7.66. The number of aliphatic hydroxyl groups is 1. The van der Waals surface area contributed by atoms with Gasteiger partial charge in [0.2, 0.25) is 0 Å². The Balaban J connectivity index is 2.02. The van der Waals surface area contributed by atoms with Crippen molar-refractivity contribution >= 4 is 17.4 Å². The molecule has 7 heteroatoms. The number of amides is 2. The van der Waals surface area contributed by atoms with Crippen LogP contribution in [0.5, 0.6) is 0 Å². The standard InChI is InChI=1S/C17H22FN3O3/c1-11(2)21(3)15-7-6-12(9-13(15)18)19-17(23)20-14(10-22)16-5-4-8-24-16/h4-9,11,14,22H,10H2,1-3H3,(H2,19,20,23)/t14-/m0/s1. The highest BCUT2D eigenvalue weighted by molar-refractivity contribution is 5.89. The number of urea groups is 1. The van der Waals surface area contributed by atoms with E-state index in [9.17, 15) is 14.3 Å². The predicted octanol–water partition coefficient (Wildman–Crippen LogP) is 3.12. The van der Waals surface area contributed by atoms with Crippen LogP contribution in [0.15, 0.2) is 41.0 Å². The maximum atomic E-state index is 14.2. The van der Waals surface area contributed by atoms with E-state index in [0.717, 1.165) is 0 Å². The molecule has 130 valence electrons. The van der Waals surface area contributed by atoms with Crippen LogP contribution >= 0.6 is 0 Å². The Bertz CT molecular complexity index is 674. The van der Waals surface area contributed by atoms with Crippen LogP contribution in [0, 0.1) is 5.82 Å². The van der Waals surface area contributed by atoms with Gasteiger partial charge in [-0.1, -0.05) is 0 Å². The second-order valence-corrected chi connectivity index (χ2v) is 5.72. The summed E-state index contributed by atoms with van der Waals surface area (Å²) in [6, 6.07) is 6.73. The van der Waals surface area contributed by atoms with Gasteiger partial charge >= 0.3 is 6.03 Å². The molecule has 0 spiro atoms. The summed E-state index contributed by atoms with van der Waals surface area (Å²) in [5.74, 6) is 0.0153. The minimum atomic E-state index is -0.670. The van der Waals surface area contributed by atoms with Crippen molar-refractivity contribution in [2.75, 3.05) is 23.9 Å². The Morgan fingerprint density at radius 2 is 2.12 bits per heavy atom. The maximum absolute atomic E-state index is 14.2. The first-order chi connectivity index (χ1) is 11.4. The SMILES string of the molecule is CC(C)N(C)c1ccc(NC(=O)N[C@@H](CO)c2ccco2)cc1F. The minimum Gasteiger partial charge on any atom is -0.467 e. The minimum absolute atomic E-state index is 0.153. The summed E-state index contributed by atoms with van der Waals surface area (Å²) in [7, 11) is 1.80. The molecular formula is C17H22FN3O3. The van der Waals surface area contributed by atoms with Crippen LogP contribution in [-0.2, 0) is 0 Å². The van der Waals surface area contributed by atoms with Crippen LogP contribution in [0.3, 0.4) is 0 Å². The molecule has 2 aromatic rings. The van der Waals surface area contributed by atoms with Gasteiger partial charge < -0.3 is 25.1 Å². The number of hydrogen-bond acceptors (Lipinski definition) is 4. The van der Waals surface area contributed by atoms with Crippen molar-refractivity contribution in [3.8, 4) is 0 Å². The van der Waals surface area contributed by atoms with Crippen molar-refractivity contribution in [2.24, 2.45) is 0 Å². The van der Waals surface area contributed by atoms with Gasteiger partial charge in [0.25, 0.3) is 0 Å². The molecule has 2 amide bonds. The van der Waals surface area contributed by atoms with Crippen molar-refractivity contribution in [3.63, 3.8) is 0 Å². The maximum Gasteiger partial charge on any atom is 0.319 e. The monoisotopic (exact) mass is 335 g/mol. The number of aliphatic hydroxyl groups excluding tert-OH is 1. The fourth-order valence-corrected chi connectivity index (χ4v) is 2.17. The fourth-order valence-electron chi connectivity index (χ4n) is 2.17. The van der Waals surface area contributed by atoms with Gasteiger partial charge in [-0.3, -0.25) is 0 Å². The van der Waals surface area contributed by atoms with Gasteiger partial charge in [-0.15, -0.1) is 0 Å². The number of benzene rings is 1. The van der Waals surface area contributed by atoms with Gasteiger partial charge in [0.15, 0.2) is 0 Å². The molecule has 0 bridgehead atoms. The summed E-state index contributed by atoms with van der Waals surface area (Å²) in [4.78, 5) is 13.8. The number of halogens is 1. The Labute approximate surface area is 140 Å². The molecular weight excluding hydrogens is 313 g/mol. The van der Waals surface area contributed by atoms with Crippen LogP contribution in [0.4, 0.5) is 20.6 Å². The molecule has 3 N–H and O–H groups in total. The van der Waals surface area contributed by atoms with Gasteiger partial charge in [-0.2, -0.15) is 0 Å². The second-order valence-electron chi connectivity index (χ2n) is 5.72. The average Bonchev–Trinajstić information content (AvgIpc) is 3.06. The van der Waals surface area contributed by atoms with E-state index in [1.165, 1.54) is 12.3 Å². The Morgan fingerprint density at radius 3 is 2.67 bits per heavy atom. The van der Waals surface area contributed by atoms with E-state index in [0.29, 0.717) is 17.1 Å². The zero-order valence-corrected chi connectivity index (χ0v) is 13.9. The van der Waals surface area contributed by atoms with Crippen LogP contribution in [0.1, 0.15) is 25.6 Å². The number of nitrogens with zero attached hydrogens (tertiary/aromatic N) is 1. The van der Waals surface area contributed by atoms with Gasteiger partial charge in [0.1, 0.15) is 17.6 Å². The largest absolute Gasteiger partial charge is 0.467 e. The molecule has 0 radical (unpaired) electrons. The molecule has 24 heavy (non-hydrogen) atoms. The Hall–Kier alpha value is -2.54. The number of hydrogen-bond donors (Lipinski definition) is 3. The summed E-state index contributed by atoms with van der Waals surface area (Å²) in [5, 5.41) is 14.4. The smallest absolute Gasteiger partial charge is 0.319 e. The quantitative estimate of drug-likeness (QED) is 0.758. The zero-order valence-electron chi connectivity index (χ0n) is 13.9. The number of carbonyl (C=O) groups is 1. The highest BCUT2D eigenvalue weighted by atomic mass is 19.1. The molecule has 0 saturated carbocycles. The summed E-state index contributed by atoms with van der Waals surface area (Å²) < 4.78 is 19.3. The molecule has 1 heterocycles. The zero-order chi connectivity index (χ0) is 17.7. The second kappa shape index (κ2) is 7.83. The third-order valence-corrected chi connectivity index (χ3v) is 3.73. The first kappa shape index (κ1) is 17.8. The average molecular weight is 335 g/mol. The number of rotatable bonds is 6. The first-order valence-corrected chi connectivity index (χ1v) is 7.66. The number of nitrogens with one attached hydrogen (secondary N) is 2. The normalized spacial score (nSPS) is 12.1. The molecule has 0 unspecified atom stereocenters. The van der Waals surface area contributed by atoms with Crippen LogP contribution in [0.25, 0.3) is 0 Å². The molecule has 0 aliphatic heterocycles. The van der Waals surface area contributed by atoms with E-state index in [4.69, 9.17) is 4.42 Å². The lowest BCUT2D eigenvalue weighted by atomic mass is 10.2. The van der Waals surface area contributed by atoms with Gasteiger partial charge in [-0.25, -0.2) is 9.18 Å². The molecule has 1 aromatic carbocycles. The number of carbonyl (C=O) groups excluding carboxylic acids is 1. The van der Waals surface area contributed by atoms with Crippen molar-refractivity contribution in [3.05, 3.63) is 48.2 Å². The van der Waals surface area contributed by atoms with E-state index in [1.807, 2.05) is 13.8 Å². The number of furan rings is 1. The highest BCUT2D eigenvalue weighted by Gasteiger charge is 2.17. The van der Waals surface area contributed by atoms with Crippen LogP contribution in [0.2, 0.25) is 0 Å². The van der Waals surface area contributed by atoms with Crippen molar-refractivity contribution in [1.82, 2.24) is 5.32 Å². The van der Waals surface area contributed by atoms with E-state index in [-0.39, 0.29) is 12.6 Å². The fraction of sp³-hybridized carbons (Fsp3) is 0.353. The van der Waals surface area contributed by atoms with Gasteiger partial charge in [0, 0.05) is 18.8 Å². The summed E-state index contributed by atoms with van der Waals surface area (Å²) in [5.41, 5.74) is 0.779. The van der Waals surface area contributed by atoms with Crippen LogP contribution in [-0.4, -0.2) is 30.8 Å². The van der Waals surface area contributed by atoms with Crippen molar-refractivity contribution in [1.29, 1.82) is 0 Å². The lowest BCUT2D eigenvalue weighted by Gasteiger charge is -2.24. The van der Waals surface area contributed by atoms with E-state index in [1.54, 1.807) is 36.2 Å². The summed E-state index contributed by atoms with van der Waals surface area (Å²) in [6.45, 7) is 3.61. The van der Waals surface area contributed by atoms with Crippen molar-refractivity contribution in [2.45, 2.75) is 25.9 Å². The van der Waals surface area contributed by atoms with E-state index < -0.39 is 17.9 Å². The molecule has 0 fully saturated rings. The van der Waals surface area contributed by atoms with Crippen molar-refractivity contribution < 1.29 is 18.7 Å². The van der Waals surface area contributed by atoms with Gasteiger partial charge in [-0.05, 0) is 44.2 Å². The summed E-state index contributed by atoms with van der Waals surface area (Å²) in [6.07, 6.45) is 1.46. The molecule has 0 aliphatic rings. The molecule has 1 atom stereocenters. The topological polar surface area (TPSA) is 77.7 Å². The predicted molar refractivity (Wildman–Crippen MR) is 90.6 cm³/mol. The molecule has 0 saturated heterocycles. The molecule has 0 aliphatic carbocycles. The summed E-state index contributed by atoms with van der Waals surface area (Å²) >= 11 is 0. The van der Waals surface area contributed by atoms with Crippen LogP contribution < -0.4 is 15.5 Å². The number of anilines is 2. The van der Waals surface area contributed by atoms with E-state index in [2.05, 4.69) is 10.6 Å². The molecule has 1 aromatic heterocycles. The third-order valence-electron chi connectivity index (χ3n) is 3.73. The molecule has 6 nitrogen and oxygen atoms in total. The Morgan fingerprint density at radius 1 is 1.38 bits per heavy atom.